The standard InChI is InChI=1S/C21H27N7O2S/c1-15-7-5-3-2-4-6-12-28-19(27-26-15)13-16-14-23-21(25-20(16)28)24-17-8-10-18(11-9-17)31(22,29)30/h8-11,13-14,27H,2-7,12H2,1H3,(H2,22,29,30)(H,23,24,25)/b26-15-. The van der Waals surface area contributed by atoms with Gasteiger partial charge in [0.25, 0.3) is 0 Å². The molecule has 3 heterocycles. The van der Waals surface area contributed by atoms with Crippen molar-refractivity contribution in [3.8, 4) is 0 Å². The number of anilines is 3. The maximum absolute atomic E-state index is 11.4. The summed E-state index contributed by atoms with van der Waals surface area (Å²) < 4.78 is 25.0. The maximum atomic E-state index is 11.4. The molecule has 2 aromatic heterocycles. The molecule has 0 bridgehead atoms. The Labute approximate surface area is 181 Å². The molecule has 31 heavy (non-hydrogen) atoms. The average molecular weight is 442 g/mol. The molecular formula is C21H27N7O2S. The molecule has 1 aliphatic rings. The van der Waals surface area contributed by atoms with Crippen LogP contribution in [0.5, 0.6) is 0 Å². The summed E-state index contributed by atoms with van der Waals surface area (Å²) in [4.78, 5) is 9.17. The number of hydrogen-bond donors (Lipinski definition) is 3. The quantitative estimate of drug-likeness (QED) is 0.564. The monoisotopic (exact) mass is 441 g/mol. The van der Waals surface area contributed by atoms with Gasteiger partial charge in [-0.1, -0.05) is 19.3 Å². The number of aromatic nitrogens is 3. The van der Waals surface area contributed by atoms with Crippen LogP contribution in [-0.2, 0) is 16.6 Å². The number of nitrogens with one attached hydrogen (secondary N) is 2. The van der Waals surface area contributed by atoms with Crippen LogP contribution in [0.4, 0.5) is 17.5 Å². The molecule has 164 valence electrons. The van der Waals surface area contributed by atoms with Gasteiger partial charge in [-0.3, -0.25) is 5.43 Å². The van der Waals surface area contributed by atoms with E-state index < -0.39 is 10.0 Å². The van der Waals surface area contributed by atoms with Crippen LogP contribution < -0.4 is 15.9 Å². The fraction of sp³-hybridized carbons (Fsp3) is 0.381. The van der Waals surface area contributed by atoms with Crippen molar-refractivity contribution in [1.29, 1.82) is 0 Å². The van der Waals surface area contributed by atoms with Crippen LogP contribution >= 0.6 is 0 Å². The first-order valence-corrected chi connectivity index (χ1v) is 12.0. The van der Waals surface area contributed by atoms with Crippen molar-refractivity contribution in [2.45, 2.75) is 56.9 Å². The van der Waals surface area contributed by atoms with Crippen molar-refractivity contribution >= 4 is 44.2 Å². The van der Waals surface area contributed by atoms with E-state index in [-0.39, 0.29) is 4.90 Å². The van der Waals surface area contributed by atoms with E-state index in [4.69, 9.17) is 10.1 Å². The highest BCUT2D eigenvalue weighted by atomic mass is 32.2. The van der Waals surface area contributed by atoms with Gasteiger partial charge in [0.2, 0.25) is 16.0 Å². The molecule has 0 saturated carbocycles. The molecular weight excluding hydrogens is 414 g/mol. The number of hydrogen-bond acceptors (Lipinski definition) is 7. The van der Waals surface area contributed by atoms with Crippen LogP contribution in [0, 0.1) is 0 Å². The molecule has 1 aromatic carbocycles. The average Bonchev–Trinajstić information content (AvgIpc) is 3.07. The number of nitrogens with zero attached hydrogens (tertiary/aromatic N) is 4. The summed E-state index contributed by atoms with van der Waals surface area (Å²) in [6.07, 6.45) is 8.67. The van der Waals surface area contributed by atoms with Crippen LogP contribution in [0.2, 0.25) is 0 Å². The van der Waals surface area contributed by atoms with Crippen molar-refractivity contribution in [3.63, 3.8) is 0 Å². The number of primary sulfonamides is 1. The molecule has 0 unspecified atom stereocenters. The first-order valence-electron chi connectivity index (χ1n) is 10.5. The van der Waals surface area contributed by atoms with Gasteiger partial charge in [-0.2, -0.15) is 10.1 Å². The predicted molar refractivity (Wildman–Crippen MR) is 123 cm³/mol. The van der Waals surface area contributed by atoms with Crippen molar-refractivity contribution in [3.05, 3.63) is 36.5 Å². The summed E-state index contributed by atoms with van der Waals surface area (Å²) in [7, 11) is -3.72. The molecule has 0 spiro atoms. The summed E-state index contributed by atoms with van der Waals surface area (Å²) in [5, 5.41) is 13.7. The number of benzene rings is 1. The Bertz CT molecular complexity index is 1200. The van der Waals surface area contributed by atoms with Crippen molar-refractivity contribution in [2.75, 3.05) is 10.7 Å². The molecule has 0 aliphatic carbocycles. The minimum atomic E-state index is -3.72. The number of rotatable bonds is 3. The molecule has 3 aromatic rings. The maximum Gasteiger partial charge on any atom is 0.238 e. The van der Waals surface area contributed by atoms with Gasteiger partial charge in [-0.25, -0.2) is 18.5 Å². The third kappa shape index (κ3) is 5.20. The Kier molecular flexibility index (Phi) is 6.19. The van der Waals surface area contributed by atoms with Gasteiger partial charge in [0.05, 0.1) is 4.90 Å². The van der Waals surface area contributed by atoms with Gasteiger partial charge in [0.15, 0.2) is 0 Å². The fourth-order valence-corrected chi connectivity index (χ4v) is 4.18. The predicted octanol–water partition coefficient (Wildman–Crippen LogP) is 3.96. The second-order valence-electron chi connectivity index (χ2n) is 7.82. The van der Waals surface area contributed by atoms with E-state index in [2.05, 4.69) is 32.3 Å². The van der Waals surface area contributed by atoms with Crippen molar-refractivity contribution in [1.82, 2.24) is 14.5 Å². The van der Waals surface area contributed by atoms with E-state index in [1.165, 1.54) is 37.8 Å². The molecule has 0 amide bonds. The van der Waals surface area contributed by atoms with Crippen molar-refractivity contribution < 1.29 is 8.42 Å². The smallest absolute Gasteiger partial charge is 0.238 e. The third-order valence-corrected chi connectivity index (χ3v) is 6.28. The minimum absolute atomic E-state index is 0.0584. The summed E-state index contributed by atoms with van der Waals surface area (Å²) in [6.45, 7) is 2.90. The number of nitrogens with two attached hydrogens (primary N) is 1. The van der Waals surface area contributed by atoms with Crippen molar-refractivity contribution in [2.24, 2.45) is 10.2 Å². The Hall–Kier alpha value is -2.98. The van der Waals surface area contributed by atoms with E-state index in [0.717, 1.165) is 41.9 Å². The van der Waals surface area contributed by atoms with Gasteiger partial charge in [0.1, 0.15) is 11.5 Å². The third-order valence-electron chi connectivity index (χ3n) is 5.36. The van der Waals surface area contributed by atoms with Gasteiger partial charge < -0.3 is 9.88 Å². The largest absolute Gasteiger partial charge is 0.324 e. The second kappa shape index (κ2) is 9.03. The normalized spacial score (nSPS) is 17.5. The Morgan fingerprint density at radius 2 is 1.84 bits per heavy atom. The summed E-state index contributed by atoms with van der Waals surface area (Å²) in [6, 6.07) is 8.18. The number of sulfonamides is 1. The Balaban J connectivity index is 1.63. The number of fused-ring (bicyclic) bond motifs is 3. The summed E-state index contributed by atoms with van der Waals surface area (Å²) in [5.41, 5.74) is 5.79. The first-order chi connectivity index (χ1) is 14.9. The Morgan fingerprint density at radius 1 is 1.10 bits per heavy atom. The molecule has 1 aliphatic heterocycles. The number of aryl methyl sites for hydroxylation is 1. The summed E-state index contributed by atoms with van der Waals surface area (Å²) >= 11 is 0. The van der Waals surface area contributed by atoms with Gasteiger partial charge in [-0.15, -0.1) is 0 Å². The van der Waals surface area contributed by atoms with Crippen LogP contribution in [0.25, 0.3) is 11.0 Å². The molecule has 4 N–H and O–H groups in total. The lowest BCUT2D eigenvalue weighted by molar-refractivity contribution is 0.571. The van der Waals surface area contributed by atoms with Crippen LogP contribution in [-0.4, -0.2) is 28.7 Å². The molecule has 0 fully saturated rings. The van der Waals surface area contributed by atoms with E-state index in [0.29, 0.717) is 11.6 Å². The highest BCUT2D eigenvalue weighted by molar-refractivity contribution is 7.89. The van der Waals surface area contributed by atoms with E-state index in [1.807, 2.05) is 6.07 Å². The molecule has 0 saturated heterocycles. The lowest BCUT2D eigenvalue weighted by atomic mass is 10.1. The van der Waals surface area contributed by atoms with Gasteiger partial charge in [0, 0.05) is 29.5 Å². The second-order valence-corrected chi connectivity index (χ2v) is 9.39. The zero-order valence-electron chi connectivity index (χ0n) is 17.5. The molecule has 10 heteroatoms. The lowest BCUT2D eigenvalue weighted by Gasteiger charge is -2.12. The fourth-order valence-electron chi connectivity index (χ4n) is 3.67. The zero-order valence-corrected chi connectivity index (χ0v) is 18.3. The highest BCUT2D eigenvalue weighted by Gasteiger charge is 2.13. The zero-order chi connectivity index (χ0) is 21.8. The Morgan fingerprint density at radius 3 is 2.61 bits per heavy atom. The van der Waals surface area contributed by atoms with E-state index in [1.54, 1.807) is 18.3 Å². The van der Waals surface area contributed by atoms with Crippen LogP contribution in [0.1, 0.15) is 45.4 Å². The SMILES string of the molecule is C/C1=N/Nc2cc3cnc(Nc4ccc(S(N)(=O)=O)cc4)nc3n2CCCCCCC1. The summed E-state index contributed by atoms with van der Waals surface area (Å²) in [5.74, 6) is 1.33. The van der Waals surface area contributed by atoms with E-state index in [9.17, 15) is 8.42 Å². The van der Waals surface area contributed by atoms with Crippen LogP contribution in [0.15, 0.2) is 46.5 Å². The van der Waals surface area contributed by atoms with Gasteiger partial charge >= 0.3 is 0 Å². The topological polar surface area (TPSA) is 127 Å². The highest BCUT2D eigenvalue weighted by Crippen LogP contribution is 2.25. The van der Waals surface area contributed by atoms with Gasteiger partial charge in [-0.05, 0) is 56.5 Å². The lowest BCUT2D eigenvalue weighted by Crippen LogP contribution is -2.11. The molecule has 9 nitrogen and oxygen atoms in total. The number of hydrazone groups is 1. The van der Waals surface area contributed by atoms with E-state index >= 15 is 0 Å². The molecule has 0 radical (unpaired) electrons. The first kappa shape index (κ1) is 21.3. The molecule has 4 rings (SSSR count). The molecule has 0 atom stereocenters. The van der Waals surface area contributed by atoms with Crippen LogP contribution in [0.3, 0.4) is 0 Å². The minimum Gasteiger partial charge on any atom is -0.324 e.